The van der Waals surface area contributed by atoms with Crippen LogP contribution in [0.4, 0.5) is 21.9 Å². The summed E-state index contributed by atoms with van der Waals surface area (Å²) in [7, 11) is 3.71. The third-order valence-electron chi connectivity index (χ3n) is 6.83. The number of aryl methyl sites for hydroxylation is 1. The standard InChI is InChI=1S/C28H34N6O4S/c1-15(2)38-19-8-9-20(16(3)12-19)34-21-10-11-29-27-23(21)24(32-28(34)37)25(39-27)26(36)31-18-7-6-17(13-18)30-22(35)14-33(4)5/h8-12,15,17-18H,6-7,13-14H2,1-5H3,(H,30,35)(H,31,36)(H,32,37)/t17-,18+/m1/s1. The van der Waals surface area contributed by atoms with Crippen LogP contribution in [0.25, 0.3) is 10.2 Å². The first-order valence-electron chi connectivity index (χ1n) is 13.2. The van der Waals surface area contributed by atoms with Gasteiger partial charge in [-0.3, -0.25) is 14.5 Å². The lowest BCUT2D eigenvalue weighted by Crippen LogP contribution is -2.40. The summed E-state index contributed by atoms with van der Waals surface area (Å²) in [4.78, 5) is 48.0. The summed E-state index contributed by atoms with van der Waals surface area (Å²) >= 11 is 1.27. The fourth-order valence-corrected chi connectivity index (χ4v) is 6.29. The van der Waals surface area contributed by atoms with E-state index in [1.165, 1.54) is 11.3 Å². The zero-order chi connectivity index (χ0) is 27.8. The zero-order valence-electron chi connectivity index (χ0n) is 22.8. The van der Waals surface area contributed by atoms with Gasteiger partial charge in [-0.2, -0.15) is 0 Å². The first kappa shape index (κ1) is 26.9. The number of urea groups is 1. The van der Waals surface area contributed by atoms with Crippen LogP contribution in [0.2, 0.25) is 0 Å². The summed E-state index contributed by atoms with van der Waals surface area (Å²) < 4.78 is 5.81. The maximum absolute atomic E-state index is 13.4. The first-order chi connectivity index (χ1) is 18.6. The normalized spacial score (nSPS) is 18.5. The van der Waals surface area contributed by atoms with E-state index in [0.717, 1.165) is 35.2 Å². The number of ether oxygens (including phenoxy) is 1. The Bertz CT molecular complexity index is 1430. The number of nitrogens with one attached hydrogen (secondary N) is 3. The van der Waals surface area contributed by atoms with Crippen LogP contribution < -0.4 is 25.6 Å². The summed E-state index contributed by atoms with van der Waals surface area (Å²) in [6.45, 7) is 6.21. The number of rotatable bonds is 8. The Hall–Kier alpha value is -3.70. The van der Waals surface area contributed by atoms with Gasteiger partial charge in [0.15, 0.2) is 0 Å². The van der Waals surface area contributed by atoms with E-state index in [1.807, 2.05) is 58.0 Å². The fourth-order valence-electron chi connectivity index (χ4n) is 5.26. The van der Waals surface area contributed by atoms with Crippen molar-refractivity contribution < 1.29 is 19.1 Å². The van der Waals surface area contributed by atoms with Gasteiger partial charge < -0.3 is 25.6 Å². The van der Waals surface area contributed by atoms with Gasteiger partial charge in [-0.1, -0.05) is 0 Å². The molecule has 0 unspecified atom stereocenters. The van der Waals surface area contributed by atoms with E-state index in [4.69, 9.17) is 4.74 Å². The van der Waals surface area contributed by atoms with E-state index in [9.17, 15) is 14.4 Å². The van der Waals surface area contributed by atoms with E-state index in [-0.39, 0.29) is 36.0 Å². The lowest BCUT2D eigenvalue weighted by molar-refractivity contribution is -0.122. The molecule has 1 fully saturated rings. The van der Waals surface area contributed by atoms with Gasteiger partial charge >= 0.3 is 6.03 Å². The van der Waals surface area contributed by atoms with Crippen LogP contribution in [0, 0.1) is 6.92 Å². The average Bonchev–Trinajstić information content (AvgIpc) is 3.44. The number of aromatic nitrogens is 1. The summed E-state index contributed by atoms with van der Waals surface area (Å²) in [6, 6.07) is 7.08. The highest BCUT2D eigenvalue weighted by atomic mass is 32.1. The minimum atomic E-state index is -0.340. The number of amides is 4. The minimum Gasteiger partial charge on any atom is -0.491 e. The second-order valence-corrected chi connectivity index (χ2v) is 11.7. The molecule has 3 N–H and O–H groups in total. The molecule has 1 aromatic carbocycles. The molecule has 11 heteroatoms. The number of carbonyl (C=O) groups is 3. The van der Waals surface area contributed by atoms with Crippen LogP contribution in [0.3, 0.4) is 0 Å². The van der Waals surface area contributed by atoms with Crippen LogP contribution in [0.15, 0.2) is 30.5 Å². The number of hydrogen-bond acceptors (Lipinski definition) is 7. The van der Waals surface area contributed by atoms with Crippen molar-refractivity contribution in [1.29, 1.82) is 0 Å². The Kier molecular flexibility index (Phi) is 7.46. The quantitative estimate of drug-likeness (QED) is 0.383. The van der Waals surface area contributed by atoms with E-state index in [1.54, 1.807) is 17.2 Å². The van der Waals surface area contributed by atoms with Gasteiger partial charge in [-0.25, -0.2) is 9.78 Å². The number of carbonyl (C=O) groups excluding carboxylic acids is 3. The molecule has 0 saturated heterocycles. The van der Waals surface area contributed by atoms with E-state index < -0.39 is 0 Å². The lowest BCUT2D eigenvalue weighted by atomic mass is 10.1. The highest BCUT2D eigenvalue weighted by Gasteiger charge is 2.34. The third-order valence-corrected chi connectivity index (χ3v) is 7.92. The smallest absolute Gasteiger partial charge is 0.331 e. The van der Waals surface area contributed by atoms with Crippen LogP contribution in [-0.4, -0.2) is 66.6 Å². The molecule has 3 aromatic rings. The van der Waals surface area contributed by atoms with Crippen molar-refractivity contribution in [2.45, 2.75) is 58.2 Å². The van der Waals surface area contributed by atoms with Crippen molar-refractivity contribution in [2.24, 2.45) is 0 Å². The van der Waals surface area contributed by atoms with Gasteiger partial charge in [0.2, 0.25) is 5.91 Å². The Morgan fingerprint density at radius 2 is 1.92 bits per heavy atom. The molecule has 0 radical (unpaired) electrons. The molecule has 3 heterocycles. The molecule has 2 aliphatic rings. The van der Waals surface area contributed by atoms with Crippen LogP contribution >= 0.6 is 11.3 Å². The van der Waals surface area contributed by atoms with Gasteiger partial charge in [0, 0.05) is 18.3 Å². The monoisotopic (exact) mass is 550 g/mol. The van der Waals surface area contributed by atoms with Crippen molar-refractivity contribution in [3.8, 4) is 5.75 Å². The number of likely N-dealkylation sites (N-methyl/N-ethyl adjacent to an activating group) is 1. The maximum atomic E-state index is 13.4. The van der Waals surface area contributed by atoms with E-state index in [2.05, 4.69) is 20.9 Å². The predicted octanol–water partition coefficient (Wildman–Crippen LogP) is 4.40. The van der Waals surface area contributed by atoms with Gasteiger partial charge in [-0.05, 0) is 84.0 Å². The highest BCUT2D eigenvalue weighted by Crippen LogP contribution is 2.46. The maximum Gasteiger partial charge on any atom is 0.331 e. The fraction of sp³-hybridized carbons (Fsp3) is 0.429. The summed E-state index contributed by atoms with van der Waals surface area (Å²) in [6.07, 6.45) is 3.96. The second kappa shape index (κ2) is 10.8. The average molecular weight is 551 g/mol. The number of nitrogens with zero attached hydrogens (tertiary/aromatic N) is 3. The van der Waals surface area contributed by atoms with Crippen LogP contribution in [-0.2, 0) is 4.79 Å². The second-order valence-electron chi connectivity index (χ2n) is 10.7. The molecular formula is C28H34N6O4S. The summed E-state index contributed by atoms with van der Waals surface area (Å²) in [5.74, 6) is 0.476. The molecule has 2 aromatic heterocycles. The third kappa shape index (κ3) is 5.55. The van der Waals surface area contributed by atoms with Gasteiger partial charge in [0.25, 0.3) is 5.91 Å². The molecular weight excluding hydrogens is 516 g/mol. The molecule has 39 heavy (non-hydrogen) atoms. The molecule has 0 spiro atoms. The van der Waals surface area contributed by atoms with Crippen molar-refractivity contribution in [2.75, 3.05) is 30.9 Å². The molecule has 5 rings (SSSR count). The molecule has 4 amide bonds. The van der Waals surface area contributed by atoms with Crippen LogP contribution in [0.5, 0.6) is 5.75 Å². The first-order valence-corrected chi connectivity index (χ1v) is 14.0. The molecule has 206 valence electrons. The number of benzene rings is 1. The summed E-state index contributed by atoms with van der Waals surface area (Å²) in [5.41, 5.74) is 2.79. The Balaban J connectivity index is 1.37. The van der Waals surface area contributed by atoms with E-state index >= 15 is 0 Å². The highest BCUT2D eigenvalue weighted by molar-refractivity contribution is 7.21. The largest absolute Gasteiger partial charge is 0.491 e. The van der Waals surface area contributed by atoms with E-state index in [0.29, 0.717) is 34.0 Å². The molecule has 10 nitrogen and oxygen atoms in total. The van der Waals surface area contributed by atoms with Gasteiger partial charge in [-0.15, -0.1) is 11.3 Å². The topological polar surface area (TPSA) is 116 Å². The predicted molar refractivity (Wildman–Crippen MR) is 153 cm³/mol. The number of pyridine rings is 1. The molecule has 1 saturated carbocycles. The van der Waals surface area contributed by atoms with Crippen LogP contribution in [0.1, 0.15) is 48.3 Å². The van der Waals surface area contributed by atoms with Crippen molar-refractivity contribution in [3.05, 3.63) is 40.9 Å². The number of hydrogen-bond donors (Lipinski definition) is 3. The lowest BCUT2D eigenvalue weighted by Gasteiger charge is -2.29. The summed E-state index contributed by atoms with van der Waals surface area (Å²) in [5, 5.41) is 9.86. The molecule has 1 aliphatic carbocycles. The number of thiophene rings is 1. The Morgan fingerprint density at radius 1 is 1.18 bits per heavy atom. The number of anilines is 3. The minimum absolute atomic E-state index is 0.0193. The van der Waals surface area contributed by atoms with Gasteiger partial charge in [0.05, 0.1) is 35.1 Å². The molecule has 2 atom stereocenters. The zero-order valence-corrected chi connectivity index (χ0v) is 23.6. The van der Waals surface area contributed by atoms with Crippen molar-refractivity contribution >= 4 is 56.5 Å². The van der Waals surface area contributed by atoms with Crippen molar-refractivity contribution in [3.63, 3.8) is 0 Å². The Morgan fingerprint density at radius 3 is 2.62 bits per heavy atom. The molecule has 1 aliphatic heterocycles. The van der Waals surface area contributed by atoms with Crippen molar-refractivity contribution in [1.82, 2.24) is 20.5 Å². The Labute approximate surface area is 231 Å². The molecule has 0 bridgehead atoms. The SMILES string of the molecule is Cc1cc(OC(C)C)ccc1N1C(=O)Nc2c(C(=O)N[C@H]3CC[C@@H](NC(=O)CN(C)C)C3)sc3nccc1c23. The van der Waals surface area contributed by atoms with Gasteiger partial charge in [0.1, 0.15) is 15.5 Å².